The van der Waals surface area contributed by atoms with Gasteiger partial charge in [-0.1, -0.05) is 6.92 Å². The highest BCUT2D eigenvalue weighted by atomic mass is 19.4. The van der Waals surface area contributed by atoms with Gasteiger partial charge in [0.1, 0.15) is 5.82 Å². The average Bonchev–Trinajstić information content (AvgIpc) is 3.11. The van der Waals surface area contributed by atoms with Crippen LogP contribution in [0.15, 0.2) is 36.5 Å². The van der Waals surface area contributed by atoms with Crippen LogP contribution in [0.25, 0.3) is 0 Å². The largest absolute Gasteiger partial charge is 0.417 e. The number of nitrogens with zero attached hydrogens (tertiary/aromatic N) is 2. The molecule has 1 aromatic heterocycles. The van der Waals surface area contributed by atoms with Gasteiger partial charge in [-0.2, -0.15) is 13.2 Å². The Morgan fingerprint density at radius 2 is 1.94 bits per heavy atom. The fourth-order valence-corrected chi connectivity index (χ4v) is 3.23. The summed E-state index contributed by atoms with van der Waals surface area (Å²) in [5.41, 5.74) is 0.953. The van der Waals surface area contributed by atoms with Crippen LogP contribution in [-0.2, 0) is 27.0 Å². The van der Waals surface area contributed by atoms with E-state index < -0.39 is 23.6 Å². The molecule has 0 bridgehead atoms. The number of hydrogen-bond donors (Lipinski definition) is 3. The molecule has 2 aromatic rings. The van der Waals surface area contributed by atoms with Crippen molar-refractivity contribution in [1.29, 1.82) is 0 Å². The Morgan fingerprint density at radius 1 is 1.16 bits per heavy atom. The Kier molecular flexibility index (Phi) is 6.96. The second-order valence-corrected chi connectivity index (χ2v) is 7.20. The normalized spacial score (nSPS) is 12.7. The van der Waals surface area contributed by atoms with E-state index in [1.165, 1.54) is 6.07 Å². The number of anilines is 3. The van der Waals surface area contributed by atoms with Gasteiger partial charge in [0.25, 0.3) is 0 Å². The first-order valence-electron chi connectivity index (χ1n) is 9.97. The van der Waals surface area contributed by atoms with E-state index in [1.54, 1.807) is 23.1 Å². The first-order valence-corrected chi connectivity index (χ1v) is 9.97. The summed E-state index contributed by atoms with van der Waals surface area (Å²) in [7, 11) is 0. The van der Waals surface area contributed by atoms with Crippen molar-refractivity contribution in [2.24, 2.45) is 0 Å². The number of carbonyl (C=O) groups excluding carboxylic acids is 3. The van der Waals surface area contributed by atoms with Crippen molar-refractivity contribution in [3.05, 3.63) is 47.7 Å². The number of fused-ring (bicyclic) bond motifs is 1. The van der Waals surface area contributed by atoms with Crippen molar-refractivity contribution in [2.75, 3.05) is 35.2 Å². The molecule has 1 aromatic carbocycles. The van der Waals surface area contributed by atoms with Gasteiger partial charge in [-0.25, -0.2) is 4.98 Å². The lowest BCUT2D eigenvalue weighted by molar-refractivity contribution is -0.137. The minimum Gasteiger partial charge on any atom is -0.355 e. The van der Waals surface area contributed by atoms with E-state index >= 15 is 0 Å². The van der Waals surface area contributed by atoms with Crippen LogP contribution in [0.4, 0.5) is 30.4 Å². The van der Waals surface area contributed by atoms with Crippen molar-refractivity contribution < 1.29 is 27.6 Å². The lowest BCUT2D eigenvalue weighted by Gasteiger charge is -2.23. The zero-order valence-corrected chi connectivity index (χ0v) is 17.3. The lowest BCUT2D eigenvalue weighted by atomic mass is 10.1. The fraction of sp³-hybridized carbons (Fsp3) is 0.333. The second-order valence-electron chi connectivity index (χ2n) is 7.20. The van der Waals surface area contributed by atoms with E-state index in [-0.39, 0.29) is 25.4 Å². The molecule has 1 aliphatic heterocycles. The maximum absolute atomic E-state index is 12.7. The average molecular weight is 449 g/mol. The summed E-state index contributed by atoms with van der Waals surface area (Å²) in [5, 5.41) is 7.65. The molecular weight excluding hydrogens is 427 g/mol. The SMILES string of the molecule is CCCN(CCNC(=O)C(=O)Nc1ccc2c(c1)CC(=O)N2)c1ccc(C(F)(F)F)cn1. The molecule has 0 spiro atoms. The number of hydrogen-bond acceptors (Lipinski definition) is 5. The van der Waals surface area contributed by atoms with E-state index in [1.807, 2.05) is 6.92 Å². The third-order valence-corrected chi connectivity index (χ3v) is 4.75. The lowest BCUT2D eigenvalue weighted by Crippen LogP contribution is -2.40. The minimum absolute atomic E-state index is 0.0948. The van der Waals surface area contributed by atoms with Crippen molar-refractivity contribution >= 4 is 34.9 Å². The van der Waals surface area contributed by atoms with Gasteiger partial charge in [-0.3, -0.25) is 14.4 Å². The van der Waals surface area contributed by atoms with Crippen molar-refractivity contribution in [3.8, 4) is 0 Å². The molecule has 3 rings (SSSR count). The summed E-state index contributed by atoms with van der Waals surface area (Å²) < 4.78 is 38.2. The fourth-order valence-electron chi connectivity index (χ4n) is 3.23. The van der Waals surface area contributed by atoms with Crippen LogP contribution in [0.2, 0.25) is 0 Å². The Bertz CT molecular complexity index is 1010. The van der Waals surface area contributed by atoms with E-state index in [9.17, 15) is 27.6 Å². The Labute approximate surface area is 182 Å². The van der Waals surface area contributed by atoms with Crippen molar-refractivity contribution in [3.63, 3.8) is 0 Å². The summed E-state index contributed by atoms with van der Waals surface area (Å²) in [5.74, 6) is -1.51. The third kappa shape index (κ3) is 5.74. The number of alkyl halides is 3. The molecule has 0 radical (unpaired) electrons. The third-order valence-electron chi connectivity index (χ3n) is 4.75. The smallest absolute Gasteiger partial charge is 0.355 e. The summed E-state index contributed by atoms with van der Waals surface area (Å²) in [4.78, 5) is 41.3. The summed E-state index contributed by atoms with van der Waals surface area (Å²) in [6, 6.07) is 7.08. The van der Waals surface area contributed by atoms with Gasteiger partial charge in [0, 0.05) is 37.2 Å². The van der Waals surface area contributed by atoms with Crippen LogP contribution in [0.3, 0.4) is 0 Å². The molecule has 0 fully saturated rings. The van der Waals surface area contributed by atoms with Crippen LogP contribution in [0, 0.1) is 0 Å². The molecular formula is C21H22F3N5O3. The Balaban J connectivity index is 1.52. The van der Waals surface area contributed by atoms with Crippen molar-refractivity contribution in [1.82, 2.24) is 10.3 Å². The van der Waals surface area contributed by atoms with Gasteiger partial charge < -0.3 is 20.9 Å². The topological polar surface area (TPSA) is 103 Å². The molecule has 2 heterocycles. The first-order chi connectivity index (χ1) is 15.2. The molecule has 0 saturated heterocycles. The van der Waals surface area contributed by atoms with Gasteiger partial charge in [0.2, 0.25) is 5.91 Å². The van der Waals surface area contributed by atoms with E-state index in [0.29, 0.717) is 30.2 Å². The molecule has 11 heteroatoms. The molecule has 0 aliphatic carbocycles. The Hall–Kier alpha value is -3.63. The maximum atomic E-state index is 12.7. The van der Waals surface area contributed by atoms with E-state index in [0.717, 1.165) is 17.8 Å². The van der Waals surface area contributed by atoms with Crippen LogP contribution < -0.4 is 20.9 Å². The molecule has 170 valence electrons. The first kappa shape index (κ1) is 23.0. The predicted octanol–water partition coefficient (Wildman–Crippen LogP) is 2.57. The zero-order valence-electron chi connectivity index (χ0n) is 17.3. The highest BCUT2D eigenvalue weighted by Crippen LogP contribution is 2.29. The number of carbonyl (C=O) groups is 3. The highest BCUT2D eigenvalue weighted by molar-refractivity contribution is 6.39. The monoisotopic (exact) mass is 449 g/mol. The Morgan fingerprint density at radius 3 is 2.59 bits per heavy atom. The minimum atomic E-state index is -4.46. The van der Waals surface area contributed by atoms with Crippen LogP contribution >= 0.6 is 0 Å². The quantitative estimate of drug-likeness (QED) is 0.564. The van der Waals surface area contributed by atoms with Gasteiger partial charge in [-0.05, 0) is 42.3 Å². The van der Waals surface area contributed by atoms with Gasteiger partial charge >= 0.3 is 18.0 Å². The summed E-state index contributed by atoms with van der Waals surface area (Å²) in [6.07, 6.45) is -2.78. The molecule has 32 heavy (non-hydrogen) atoms. The predicted molar refractivity (Wildman–Crippen MR) is 112 cm³/mol. The highest BCUT2D eigenvalue weighted by Gasteiger charge is 2.30. The van der Waals surface area contributed by atoms with Gasteiger partial charge in [-0.15, -0.1) is 0 Å². The molecule has 0 unspecified atom stereocenters. The van der Waals surface area contributed by atoms with Crippen LogP contribution in [-0.4, -0.2) is 42.3 Å². The molecule has 0 atom stereocenters. The molecule has 0 saturated carbocycles. The number of nitrogens with one attached hydrogen (secondary N) is 3. The van der Waals surface area contributed by atoms with Crippen molar-refractivity contribution in [2.45, 2.75) is 25.9 Å². The molecule has 1 aliphatic rings. The van der Waals surface area contributed by atoms with E-state index in [4.69, 9.17) is 0 Å². The maximum Gasteiger partial charge on any atom is 0.417 e. The molecule has 3 N–H and O–H groups in total. The summed E-state index contributed by atoms with van der Waals surface area (Å²) >= 11 is 0. The molecule has 8 nitrogen and oxygen atoms in total. The standard InChI is InChI=1S/C21H22F3N5O3/c1-2-8-29(17-6-3-14(12-26-17)21(22,23)24)9-7-25-19(31)20(32)27-15-4-5-16-13(10-15)11-18(30)28-16/h3-6,10,12H,2,7-9,11H2,1H3,(H,25,31)(H,27,32)(H,28,30). The number of aromatic nitrogens is 1. The number of rotatable bonds is 7. The van der Waals surface area contributed by atoms with Crippen LogP contribution in [0.1, 0.15) is 24.5 Å². The second kappa shape index (κ2) is 9.67. The zero-order chi connectivity index (χ0) is 23.3. The number of benzene rings is 1. The number of halogens is 3. The van der Waals surface area contributed by atoms with Gasteiger partial charge in [0.05, 0.1) is 12.0 Å². The number of amides is 3. The molecule has 3 amide bonds. The van der Waals surface area contributed by atoms with Gasteiger partial charge in [0.15, 0.2) is 0 Å². The van der Waals surface area contributed by atoms with Crippen LogP contribution in [0.5, 0.6) is 0 Å². The summed E-state index contributed by atoms with van der Waals surface area (Å²) in [6.45, 7) is 2.78. The van der Waals surface area contributed by atoms with E-state index in [2.05, 4.69) is 20.9 Å². The number of pyridine rings is 1.